The van der Waals surface area contributed by atoms with E-state index in [9.17, 15) is 4.79 Å². The standard InChI is InChI=1S/C19H25N3O5S/c1-7-22(10-12(2)3)16(23)11-28-19-21-20-18(27-19)13-8-14(24-4)17(26-6)15(9-13)25-5/h8-9H,2,7,10-11H2,1,3-6H3. The molecule has 9 heteroatoms. The van der Waals surface area contributed by atoms with Gasteiger partial charge in [-0.1, -0.05) is 23.9 Å². The van der Waals surface area contributed by atoms with Gasteiger partial charge < -0.3 is 23.5 Å². The Balaban J connectivity index is 2.14. The number of aromatic nitrogens is 2. The third kappa shape index (κ3) is 5.19. The fraction of sp³-hybridized carbons (Fsp3) is 0.421. The Labute approximate surface area is 168 Å². The molecule has 0 radical (unpaired) electrons. The van der Waals surface area contributed by atoms with Crippen LogP contribution in [0.4, 0.5) is 0 Å². The van der Waals surface area contributed by atoms with Gasteiger partial charge in [0.2, 0.25) is 17.5 Å². The summed E-state index contributed by atoms with van der Waals surface area (Å²) >= 11 is 1.19. The quantitative estimate of drug-likeness (QED) is 0.438. The zero-order valence-corrected chi connectivity index (χ0v) is 17.6. The Morgan fingerprint density at radius 3 is 2.32 bits per heavy atom. The molecule has 152 valence electrons. The first-order chi connectivity index (χ1) is 13.4. The molecule has 1 amide bonds. The van der Waals surface area contributed by atoms with E-state index in [1.165, 1.54) is 33.1 Å². The summed E-state index contributed by atoms with van der Waals surface area (Å²) in [6, 6.07) is 3.44. The number of benzene rings is 1. The third-order valence-corrected chi connectivity index (χ3v) is 4.64. The zero-order valence-electron chi connectivity index (χ0n) is 16.8. The fourth-order valence-electron chi connectivity index (χ4n) is 2.51. The van der Waals surface area contributed by atoms with Crippen molar-refractivity contribution < 1.29 is 23.4 Å². The minimum absolute atomic E-state index is 0.0111. The van der Waals surface area contributed by atoms with Gasteiger partial charge in [-0.25, -0.2) is 0 Å². The van der Waals surface area contributed by atoms with Crippen LogP contribution in [0.1, 0.15) is 13.8 Å². The van der Waals surface area contributed by atoms with Crippen molar-refractivity contribution in [3.63, 3.8) is 0 Å². The SMILES string of the molecule is C=C(C)CN(CC)C(=O)CSc1nnc(-c2cc(OC)c(OC)c(OC)c2)o1. The summed E-state index contributed by atoms with van der Waals surface area (Å²) in [5, 5.41) is 8.37. The first-order valence-electron chi connectivity index (χ1n) is 8.62. The molecular formula is C19H25N3O5S. The number of thioether (sulfide) groups is 1. The molecule has 0 atom stereocenters. The van der Waals surface area contributed by atoms with Crippen molar-refractivity contribution in [1.29, 1.82) is 0 Å². The van der Waals surface area contributed by atoms with Crippen LogP contribution in [0.15, 0.2) is 33.9 Å². The van der Waals surface area contributed by atoms with Crippen LogP contribution in [0.3, 0.4) is 0 Å². The molecule has 28 heavy (non-hydrogen) atoms. The number of likely N-dealkylation sites (N-methyl/N-ethyl adjacent to an activating group) is 1. The lowest BCUT2D eigenvalue weighted by molar-refractivity contribution is -0.127. The van der Waals surface area contributed by atoms with Crippen molar-refractivity contribution in [3.05, 3.63) is 24.3 Å². The van der Waals surface area contributed by atoms with Crippen LogP contribution in [-0.4, -0.2) is 61.2 Å². The highest BCUT2D eigenvalue weighted by Crippen LogP contribution is 2.41. The summed E-state index contributed by atoms with van der Waals surface area (Å²) in [5.41, 5.74) is 1.56. The van der Waals surface area contributed by atoms with Crippen molar-refractivity contribution >= 4 is 17.7 Å². The second-order valence-corrected chi connectivity index (χ2v) is 6.87. The van der Waals surface area contributed by atoms with Gasteiger partial charge in [0, 0.05) is 18.7 Å². The molecule has 0 saturated carbocycles. The Bertz CT molecular complexity index is 812. The summed E-state index contributed by atoms with van der Waals surface area (Å²) in [5.74, 6) is 1.94. The van der Waals surface area contributed by atoms with E-state index in [1.54, 1.807) is 17.0 Å². The predicted octanol–water partition coefficient (Wildman–Crippen LogP) is 3.28. The van der Waals surface area contributed by atoms with Crippen molar-refractivity contribution in [1.82, 2.24) is 15.1 Å². The third-order valence-electron chi connectivity index (χ3n) is 3.83. The number of nitrogens with zero attached hydrogens (tertiary/aromatic N) is 3. The van der Waals surface area contributed by atoms with Gasteiger partial charge in [0.25, 0.3) is 5.22 Å². The number of hydrogen-bond acceptors (Lipinski definition) is 8. The predicted molar refractivity (Wildman–Crippen MR) is 107 cm³/mol. The summed E-state index contributed by atoms with van der Waals surface area (Å²) in [6.07, 6.45) is 0. The molecule has 1 aromatic carbocycles. The van der Waals surface area contributed by atoms with Gasteiger partial charge in [-0.15, -0.1) is 10.2 Å². The number of methoxy groups -OCH3 is 3. The first kappa shape index (κ1) is 21.6. The van der Waals surface area contributed by atoms with E-state index >= 15 is 0 Å². The first-order valence-corrected chi connectivity index (χ1v) is 9.60. The van der Waals surface area contributed by atoms with Gasteiger partial charge in [-0.3, -0.25) is 4.79 Å². The van der Waals surface area contributed by atoms with Gasteiger partial charge in [-0.2, -0.15) is 0 Å². The largest absolute Gasteiger partial charge is 0.493 e. The molecule has 2 rings (SSSR count). The molecule has 0 spiro atoms. The Morgan fingerprint density at radius 2 is 1.82 bits per heavy atom. The van der Waals surface area contributed by atoms with Crippen LogP contribution in [0.25, 0.3) is 11.5 Å². The number of carbonyl (C=O) groups is 1. The lowest BCUT2D eigenvalue weighted by Crippen LogP contribution is -2.33. The number of carbonyl (C=O) groups excluding carboxylic acids is 1. The molecule has 1 heterocycles. The summed E-state index contributed by atoms with van der Waals surface area (Å²) in [4.78, 5) is 14.1. The topological polar surface area (TPSA) is 86.9 Å². The monoisotopic (exact) mass is 407 g/mol. The van der Waals surface area contributed by atoms with E-state index in [2.05, 4.69) is 16.8 Å². The highest BCUT2D eigenvalue weighted by atomic mass is 32.2. The van der Waals surface area contributed by atoms with E-state index in [1.807, 2.05) is 13.8 Å². The highest BCUT2D eigenvalue weighted by Gasteiger charge is 2.19. The number of rotatable bonds is 10. The van der Waals surface area contributed by atoms with Crippen LogP contribution in [0.5, 0.6) is 17.2 Å². The lowest BCUT2D eigenvalue weighted by atomic mass is 10.2. The molecule has 0 unspecified atom stereocenters. The number of hydrogen-bond donors (Lipinski definition) is 0. The highest BCUT2D eigenvalue weighted by molar-refractivity contribution is 7.99. The molecule has 0 aliphatic rings. The van der Waals surface area contributed by atoms with Crippen molar-refractivity contribution in [2.45, 2.75) is 19.1 Å². The maximum atomic E-state index is 12.3. The van der Waals surface area contributed by atoms with E-state index < -0.39 is 0 Å². The molecule has 0 N–H and O–H groups in total. The molecule has 8 nitrogen and oxygen atoms in total. The molecule has 0 fully saturated rings. The average molecular weight is 407 g/mol. The molecule has 0 saturated heterocycles. The van der Waals surface area contributed by atoms with E-state index in [0.29, 0.717) is 47.0 Å². The van der Waals surface area contributed by atoms with Crippen LogP contribution < -0.4 is 14.2 Å². The van der Waals surface area contributed by atoms with Crippen molar-refractivity contribution in [2.24, 2.45) is 0 Å². The average Bonchev–Trinajstić information content (AvgIpc) is 3.17. The summed E-state index contributed by atoms with van der Waals surface area (Å²) < 4.78 is 21.7. The Kier molecular flexibility index (Phi) is 7.74. The van der Waals surface area contributed by atoms with Gasteiger partial charge in [0.15, 0.2) is 11.5 Å². The van der Waals surface area contributed by atoms with Crippen LogP contribution in [-0.2, 0) is 4.79 Å². The molecule has 0 aliphatic heterocycles. The molecule has 0 bridgehead atoms. The zero-order chi connectivity index (χ0) is 20.7. The minimum atomic E-state index is -0.0111. The Hall–Kier alpha value is -2.68. The second-order valence-electron chi connectivity index (χ2n) is 5.94. The lowest BCUT2D eigenvalue weighted by Gasteiger charge is -2.20. The van der Waals surface area contributed by atoms with Crippen LogP contribution in [0, 0.1) is 0 Å². The van der Waals surface area contributed by atoms with E-state index in [4.69, 9.17) is 18.6 Å². The minimum Gasteiger partial charge on any atom is -0.493 e. The van der Waals surface area contributed by atoms with E-state index in [0.717, 1.165) is 5.57 Å². The Morgan fingerprint density at radius 1 is 1.18 bits per heavy atom. The summed E-state index contributed by atoms with van der Waals surface area (Å²) in [7, 11) is 4.60. The molecule has 1 aromatic heterocycles. The maximum Gasteiger partial charge on any atom is 0.277 e. The van der Waals surface area contributed by atoms with Crippen LogP contribution in [0.2, 0.25) is 0 Å². The van der Waals surface area contributed by atoms with Gasteiger partial charge in [-0.05, 0) is 26.0 Å². The van der Waals surface area contributed by atoms with Crippen molar-refractivity contribution in [3.8, 4) is 28.7 Å². The van der Waals surface area contributed by atoms with Gasteiger partial charge in [0.1, 0.15) is 0 Å². The maximum absolute atomic E-state index is 12.3. The smallest absolute Gasteiger partial charge is 0.277 e. The second kappa shape index (κ2) is 10.0. The number of ether oxygens (including phenoxy) is 3. The van der Waals surface area contributed by atoms with Crippen molar-refractivity contribution in [2.75, 3.05) is 40.2 Å². The number of amides is 1. The van der Waals surface area contributed by atoms with Gasteiger partial charge >= 0.3 is 0 Å². The summed E-state index contributed by atoms with van der Waals surface area (Å²) in [6.45, 7) is 8.83. The molecule has 0 aliphatic carbocycles. The molecular weight excluding hydrogens is 382 g/mol. The van der Waals surface area contributed by atoms with Gasteiger partial charge in [0.05, 0.1) is 27.1 Å². The molecule has 2 aromatic rings. The fourth-order valence-corrected chi connectivity index (χ4v) is 3.17. The van der Waals surface area contributed by atoms with Crippen LogP contribution >= 0.6 is 11.8 Å². The van der Waals surface area contributed by atoms with E-state index in [-0.39, 0.29) is 11.7 Å². The normalized spacial score (nSPS) is 10.5.